The standard InChI is InChI=1S/C8H18N2O2S/c1-3-6-10(2)13(11,12)8-4-5-9-7-8/h8-9H,3-7H2,1-2H3. The van der Waals surface area contributed by atoms with Gasteiger partial charge in [-0.3, -0.25) is 0 Å². The molecule has 4 nitrogen and oxygen atoms in total. The van der Waals surface area contributed by atoms with E-state index in [0.29, 0.717) is 13.1 Å². The lowest BCUT2D eigenvalue weighted by atomic mass is 10.4. The Morgan fingerprint density at radius 2 is 2.23 bits per heavy atom. The minimum absolute atomic E-state index is 0.205. The van der Waals surface area contributed by atoms with Crippen LogP contribution >= 0.6 is 0 Å². The lowest BCUT2D eigenvalue weighted by Gasteiger charge is -2.20. The van der Waals surface area contributed by atoms with Gasteiger partial charge >= 0.3 is 0 Å². The first-order valence-electron chi connectivity index (χ1n) is 4.75. The molecule has 0 amide bonds. The van der Waals surface area contributed by atoms with Crippen molar-refractivity contribution >= 4 is 10.0 Å². The van der Waals surface area contributed by atoms with E-state index in [-0.39, 0.29) is 5.25 Å². The Morgan fingerprint density at radius 3 is 2.69 bits per heavy atom. The van der Waals surface area contributed by atoms with E-state index in [4.69, 9.17) is 0 Å². The van der Waals surface area contributed by atoms with Crippen LogP contribution in [0, 0.1) is 0 Å². The highest BCUT2D eigenvalue weighted by Crippen LogP contribution is 2.13. The van der Waals surface area contributed by atoms with E-state index >= 15 is 0 Å². The third-order valence-corrected chi connectivity index (χ3v) is 4.71. The third-order valence-electron chi connectivity index (χ3n) is 2.41. The first-order valence-corrected chi connectivity index (χ1v) is 6.25. The summed E-state index contributed by atoms with van der Waals surface area (Å²) in [7, 11) is -1.37. The maximum absolute atomic E-state index is 11.8. The van der Waals surface area contributed by atoms with Gasteiger partial charge in [-0.05, 0) is 19.4 Å². The molecule has 1 aliphatic heterocycles. The number of nitrogens with one attached hydrogen (secondary N) is 1. The lowest BCUT2D eigenvalue weighted by molar-refractivity contribution is 0.459. The number of nitrogens with zero attached hydrogens (tertiary/aromatic N) is 1. The van der Waals surface area contributed by atoms with Crippen molar-refractivity contribution in [1.29, 1.82) is 0 Å². The predicted molar refractivity (Wildman–Crippen MR) is 53.1 cm³/mol. The van der Waals surface area contributed by atoms with E-state index in [1.165, 1.54) is 4.31 Å². The molecule has 0 aromatic rings. The van der Waals surface area contributed by atoms with Crippen molar-refractivity contribution in [3.05, 3.63) is 0 Å². The van der Waals surface area contributed by atoms with E-state index in [0.717, 1.165) is 19.4 Å². The van der Waals surface area contributed by atoms with Gasteiger partial charge in [0, 0.05) is 20.1 Å². The zero-order chi connectivity index (χ0) is 9.90. The van der Waals surface area contributed by atoms with Crippen LogP contribution < -0.4 is 5.32 Å². The van der Waals surface area contributed by atoms with Crippen molar-refractivity contribution in [2.45, 2.75) is 25.0 Å². The van der Waals surface area contributed by atoms with E-state index < -0.39 is 10.0 Å². The molecule has 13 heavy (non-hydrogen) atoms. The lowest BCUT2D eigenvalue weighted by Crippen LogP contribution is -2.37. The van der Waals surface area contributed by atoms with E-state index in [1.807, 2.05) is 6.92 Å². The summed E-state index contributed by atoms with van der Waals surface area (Å²) in [6.07, 6.45) is 1.62. The molecular weight excluding hydrogens is 188 g/mol. The van der Waals surface area contributed by atoms with Crippen LogP contribution in [0.25, 0.3) is 0 Å². The normalized spacial score (nSPS) is 24.1. The first kappa shape index (κ1) is 10.9. The van der Waals surface area contributed by atoms with Gasteiger partial charge in [-0.15, -0.1) is 0 Å². The van der Waals surface area contributed by atoms with Gasteiger partial charge in [0.15, 0.2) is 0 Å². The van der Waals surface area contributed by atoms with Gasteiger partial charge in [-0.1, -0.05) is 6.92 Å². The Kier molecular flexibility index (Phi) is 3.70. The molecule has 0 aromatic heterocycles. The molecule has 0 aromatic carbocycles. The molecule has 1 heterocycles. The molecule has 0 aliphatic carbocycles. The SMILES string of the molecule is CCCN(C)S(=O)(=O)C1CCNC1. The third kappa shape index (κ3) is 2.42. The Morgan fingerprint density at radius 1 is 1.54 bits per heavy atom. The molecule has 0 saturated carbocycles. The van der Waals surface area contributed by atoms with Gasteiger partial charge in [-0.2, -0.15) is 0 Å². The smallest absolute Gasteiger partial charge is 0.218 e. The van der Waals surface area contributed by atoms with E-state index in [9.17, 15) is 8.42 Å². The highest BCUT2D eigenvalue weighted by Gasteiger charge is 2.31. The monoisotopic (exact) mass is 206 g/mol. The molecule has 1 rings (SSSR count). The second-order valence-corrected chi connectivity index (χ2v) is 5.80. The van der Waals surface area contributed by atoms with Crippen LogP contribution in [0.3, 0.4) is 0 Å². The largest absolute Gasteiger partial charge is 0.315 e. The molecule has 0 spiro atoms. The van der Waals surface area contributed by atoms with Gasteiger partial charge in [0.1, 0.15) is 0 Å². The summed E-state index contributed by atoms with van der Waals surface area (Å²) in [6.45, 7) is 4.04. The molecule has 1 fully saturated rings. The van der Waals surface area contributed by atoms with Gasteiger partial charge in [-0.25, -0.2) is 12.7 Å². The maximum Gasteiger partial charge on any atom is 0.218 e. The van der Waals surface area contributed by atoms with E-state index in [1.54, 1.807) is 7.05 Å². The summed E-state index contributed by atoms with van der Waals surface area (Å²) in [5, 5.41) is 2.87. The van der Waals surface area contributed by atoms with Crippen LogP contribution in [0.5, 0.6) is 0 Å². The zero-order valence-electron chi connectivity index (χ0n) is 8.28. The van der Waals surface area contributed by atoms with Crippen LogP contribution in [0.2, 0.25) is 0 Å². The number of rotatable bonds is 4. The highest BCUT2D eigenvalue weighted by atomic mass is 32.2. The predicted octanol–water partition coefficient (Wildman–Crippen LogP) is 0.0199. The van der Waals surface area contributed by atoms with Crippen LogP contribution in [0.4, 0.5) is 0 Å². The topological polar surface area (TPSA) is 49.4 Å². The highest BCUT2D eigenvalue weighted by molar-refractivity contribution is 7.89. The van der Waals surface area contributed by atoms with Crippen molar-refractivity contribution in [2.24, 2.45) is 0 Å². The summed E-state index contributed by atoms with van der Waals surface area (Å²) in [5.74, 6) is 0. The summed E-state index contributed by atoms with van der Waals surface area (Å²) in [4.78, 5) is 0. The van der Waals surface area contributed by atoms with Crippen LogP contribution in [0.15, 0.2) is 0 Å². The van der Waals surface area contributed by atoms with Crippen molar-refractivity contribution in [3.8, 4) is 0 Å². The summed E-state index contributed by atoms with van der Waals surface area (Å²) in [6, 6.07) is 0. The maximum atomic E-state index is 11.8. The molecule has 0 radical (unpaired) electrons. The molecular formula is C8H18N2O2S. The molecule has 5 heteroatoms. The molecule has 1 unspecified atom stereocenters. The second kappa shape index (κ2) is 4.39. The van der Waals surface area contributed by atoms with Gasteiger partial charge in [0.2, 0.25) is 10.0 Å². The quantitative estimate of drug-likeness (QED) is 0.705. The summed E-state index contributed by atoms with van der Waals surface area (Å²) >= 11 is 0. The molecule has 1 saturated heterocycles. The number of hydrogen-bond acceptors (Lipinski definition) is 3. The fourth-order valence-electron chi connectivity index (χ4n) is 1.58. The van der Waals surface area contributed by atoms with E-state index in [2.05, 4.69) is 5.32 Å². The molecule has 1 atom stereocenters. The Bertz CT molecular complexity index is 245. The van der Waals surface area contributed by atoms with Crippen molar-refractivity contribution in [2.75, 3.05) is 26.7 Å². The van der Waals surface area contributed by atoms with Crippen molar-refractivity contribution in [3.63, 3.8) is 0 Å². The average molecular weight is 206 g/mol. The van der Waals surface area contributed by atoms with Crippen LogP contribution in [0.1, 0.15) is 19.8 Å². The van der Waals surface area contributed by atoms with Gasteiger partial charge < -0.3 is 5.32 Å². The Labute approximate surface area is 80.4 Å². The number of sulfonamides is 1. The fraction of sp³-hybridized carbons (Fsp3) is 1.00. The molecule has 1 aliphatic rings. The molecule has 0 bridgehead atoms. The first-order chi connectivity index (χ1) is 6.09. The second-order valence-electron chi connectivity index (χ2n) is 3.48. The van der Waals surface area contributed by atoms with Crippen LogP contribution in [-0.2, 0) is 10.0 Å². The van der Waals surface area contributed by atoms with Gasteiger partial charge in [0.25, 0.3) is 0 Å². The molecule has 78 valence electrons. The minimum atomic E-state index is -3.03. The number of hydrogen-bond donors (Lipinski definition) is 1. The van der Waals surface area contributed by atoms with Crippen molar-refractivity contribution in [1.82, 2.24) is 9.62 Å². The Hall–Kier alpha value is -0.130. The Balaban J connectivity index is 2.63. The van der Waals surface area contributed by atoms with Crippen LogP contribution in [-0.4, -0.2) is 44.7 Å². The van der Waals surface area contributed by atoms with Crippen molar-refractivity contribution < 1.29 is 8.42 Å². The summed E-state index contributed by atoms with van der Waals surface area (Å²) in [5.41, 5.74) is 0. The fourth-order valence-corrected chi connectivity index (χ4v) is 3.27. The minimum Gasteiger partial charge on any atom is -0.315 e. The average Bonchev–Trinajstić information content (AvgIpc) is 2.56. The summed E-state index contributed by atoms with van der Waals surface area (Å²) < 4.78 is 25.1. The van der Waals surface area contributed by atoms with Gasteiger partial charge in [0.05, 0.1) is 5.25 Å². The molecule has 1 N–H and O–H groups in total. The zero-order valence-corrected chi connectivity index (χ0v) is 9.10.